The van der Waals surface area contributed by atoms with Crippen molar-refractivity contribution in [3.63, 3.8) is 0 Å². The largest absolute Gasteiger partial charge is 0.444 e. The molecule has 0 aliphatic carbocycles. The molecule has 0 saturated carbocycles. The first-order chi connectivity index (χ1) is 23.3. The lowest BCUT2D eigenvalue weighted by Crippen LogP contribution is -2.70. The maximum atomic E-state index is 14.6. The molecule has 1 N–H and O–H groups in total. The molecule has 0 bridgehead atoms. The second-order valence-corrected chi connectivity index (χ2v) is 25.4. The first-order valence-corrected chi connectivity index (χ1v) is 22.4. The summed E-state index contributed by atoms with van der Waals surface area (Å²) in [6, 6.07) is 29.6. The minimum atomic E-state index is -3.25. The van der Waals surface area contributed by atoms with Crippen LogP contribution in [0.15, 0.2) is 109 Å². The van der Waals surface area contributed by atoms with Crippen LogP contribution in [-0.4, -0.2) is 52.9 Å². The number of carbonyl (C=O) groups is 2. The molecule has 8 heteroatoms. The highest BCUT2D eigenvalue weighted by Crippen LogP contribution is 2.39. The summed E-state index contributed by atoms with van der Waals surface area (Å²) in [5, 5.41) is 4.61. The van der Waals surface area contributed by atoms with Crippen molar-refractivity contribution in [2.75, 3.05) is 6.61 Å². The van der Waals surface area contributed by atoms with Crippen LogP contribution >= 0.6 is 0 Å². The number of benzene rings is 3. The van der Waals surface area contributed by atoms with Gasteiger partial charge < -0.3 is 18.9 Å². The van der Waals surface area contributed by atoms with Crippen molar-refractivity contribution in [1.29, 1.82) is 0 Å². The summed E-state index contributed by atoms with van der Waals surface area (Å²) < 4.78 is 20.0. The molecule has 3 aromatic carbocycles. The molecule has 3 rings (SSSR count). The molecule has 0 unspecified atom stereocenters. The van der Waals surface area contributed by atoms with Crippen molar-refractivity contribution in [2.45, 2.75) is 110 Å². The van der Waals surface area contributed by atoms with Gasteiger partial charge in [-0.1, -0.05) is 151 Å². The molecule has 0 spiro atoms. The van der Waals surface area contributed by atoms with E-state index in [2.05, 4.69) is 84.2 Å². The van der Waals surface area contributed by atoms with Crippen LogP contribution in [0.4, 0.5) is 4.79 Å². The van der Waals surface area contributed by atoms with Gasteiger partial charge in [0.1, 0.15) is 11.7 Å². The Bertz CT molecular complexity index is 1530. The number of rotatable bonds is 14. The smallest absolute Gasteiger partial charge is 0.408 e. The summed E-state index contributed by atoms with van der Waals surface area (Å²) in [6.45, 7) is 22.9. The van der Waals surface area contributed by atoms with Crippen LogP contribution < -0.4 is 15.7 Å². The van der Waals surface area contributed by atoms with Crippen molar-refractivity contribution >= 4 is 45.0 Å². The Morgan fingerprint density at radius 1 is 0.720 bits per heavy atom. The van der Waals surface area contributed by atoms with Crippen LogP contribution in [0.2, 0.25) is 23.2 Å². The molecular weight excluding hydrogens is 655 g/mol. The van der Waals surface area contributed by atoms with Gasteiger partial charge in [0, 0.05) is 0 Å². The van der Waals surface area contributed by atoms with E-state index in [1.807, 2.05) is 106 Å². The molecule has 50 heavy (non-hydrogen) atoms. The number of carbonyl (C=O) groups excluding carboxylic acids is 2. The molecule has 0 aliphatic rings. The van der Waals surface area contributed by atoms with E-state index in [4.69, 9.17) is 13.6 Å². The molecule has 0 aromatic heterocycles. The van der Waals surface area contributed by atoms with Gasteiger partial charge in [-0.2, -0.15) is 0 Å². The maximum Gasteiger partial charge on any atom is 0.408 e. The van der Waals surface area contributed by atoms with Crippen molar-refractivity contribution in [1.82, 2.24) is 5.32 Å². The third-order valence-electron chi connectivity index (χ3n) is 9.16. The number of amides is 1. The van der Waals surface area contributed by atoms with E-state index in [9.17, 15) is 9.59 Å². The van der Waals surface area contributed by atoms with Crippen molar-refractivity contribution < 1.29 is 23.2 Å². The quantitative estimate of drug-likeness (QED) is 0.133. The SMILES string of the molecule is CC(C)(C)OC(=O)N[C@H](CO[Si](C)(C)C(C)(C)C)[C@@H](O[Si](c1ccccc1)(c1ccccc1)C(C)(C)C)C(=O)/C=C/C/C=C/c1ccccc1. The highest BCUT2D eigenvalue weighted by Gasteiger charge is 2.53. The summed E-state index contributed by atoms with van der Waals surface area (Å²) >= 11 is 0. The third kappa shape index (κ3) is 11.2. The van der Waals surface area contributed by atoms with E-state index >= 15 is 0 Å². The van der Waals surface area contributed by atoms with Gasteiger partial charge in [0.25, 0.3) is 8.32 Å². The lowest BCUT2D eigenvalue weighted by Gasteiger charge is -2.46. The predicted octanol–water partition coefficient (Wildman–Crippen LogP) is 9.08. The fraction of sp³-hybridized carbons (Fsp3) is 0.429. The van der Waals surface area contributed by atoms with Crippen LogP contribution in [-0.2, 0) is 18.4 Å². The van der Waals surface area contributed by atoms with Gasteiger partial charge in [-0.3, -0.25) is 4.79 Å². The summed E-state index contributed by atoms with van der Waals surface area (Å²) in [4.78, 5) is 28.1. The topological polar surface area (TPSA) is 73.9 Å². The molecule has 6 nitrogen and oxygen atoms in total. The minimum Gasteiger partial charge on any atom is -0.444 e. The van der Waals surface area contributed by atoms with Crippen LogP contribution in [0.5, 0.6) is 0 Å². The summed E-state index contributed by atoms with van der Waals surface area (Å²) in [7, 11) is -5.56. The van der Waals surface area contributed by atoms with Gasteiger partial charge in [-0.05, 0) is 72.4 Å². The number of allylic oxidation sites excluding steroid dienone is 2. The number of ketones is 1. The van der Waals surface area contributed by atoms with E-state index in [-0.39, 0.29) is 17.4 Å². The number of alkyl carbamates (subject to hydrolysis) is 1. The summed E-state index contributed by atoms with van der Waals surface area (Å²) in [5.41, 5.74) is 0.350. The van der Waals surface area contributed by atoms with Crippen LogP contribution in [0.3, 0.4) is 0 Å². The average Bonchev–Trinajstić information content (AvgIpc) is 3.03. The Morgan fingerprint density at radius 2 is 1.22 bits per heavy atom. The molecular formula is C42H59NO5Si2. The van der Waals surface area contributed by atoms with Gasteiger partial charge in [-0.25, -0.2) is 4.79 Å². The first-order valence-electron chi connectivity index (χ1n) is 17.6. The molecule has 0 radical (unpaired) electrons. The van der Waals surface area contributed by atoms with Gasteiger partial charge in [0.05, 0.1) is 12.6 Å². The Balaban J connectivity index is 2.19. The first kappa shape index (κ1) is 40.9. The van der Waals surface area contributed by atoms with Gasteiger partial charge in [0.15, 0.2) is 14.1 Å². The van der Waals surface area contributed by atoms with Gasteiger partial charge in [-0.15, -0.1) is 0 Å². The minimum absolute atomic E-state index is 0.0894. The Kier molecular flexibility index (Phi) is 14.0. The third-order valence-corrected chi connectivity index (χ3v) is 18.7. The van der Waals surface area contributed by atoms with E-state index in [0.717, 1.165) is 15.9 Å². The zero-order valence-corrected chi connectivity index (χ0v) is 34.1. The van der Waals surface area contributed by atoms with Crippen LogP contribution in [0.25, 0.3) is 6.08 Å². The van der Waals surface area contributed by atoms with E-state index in [1.54, 1.807) is 6.08 Å². The summed E-state index contributed by atoms with van der Waals surface area (Å²) in [6.07, 6.45) is 6.35. The van der Waals surface area contributed by atoms with E-state index < -0.39 is 45.5 Å². The van der Waals surface area contributed by atoms with Gasteiger partial charge in [0.2, 0.25) is 0 Å². The highest BCUT2D eigenvalue weighted by atomic mass is 28.4. The highest BCUT2D eigenvalue weighted by molar-refractivity contribution is 6.99. The predicted molar refractivity (Wildman–Crippen MR) is 213 cm³/mol. The molecule has 0 heterocycles. The fourth-order valence-electron chi connectivity index (χ4n) is 5.52. The normalized spacial score (nSPS) is 14.5. The fourth-order valence-corrected chi connectivity index (χ4v) is 11.2. The second kappa shape index (κ2) is 17.1. The number of nitrogens with one attached hydrogen (secondary N) is 1. The average molecular weight is 714 g/mol. The van der Waals surface area contributed by atoms with E-state index in [0.29, 0.717) is 6.42 Å². The Labute approximate surface area is 303 Å². The Morgan fingerprint density at radius 3 is 1.68 bits per heavy atom. The van der Waals surface area contributed by atoms with Crippen molar-refractivity contribution in [2.24, 2.45) is 0 Å². The lowest BCUT2D eigenvalue weighted by molar-refractivity contribution is -0.123. The zero-order chi connectivity index (χ0) is 37.2. The monoisotopic (exact) mass is 713 g/mol. The molecule has 0 saturated heterocycles. The number of hydrogen-bond acceptors (Lipinski definition) is 5. The standard InChI is InChI=1S/C42H59NO5Si2/c1-40(2,3)47-39(45)43-36(32-46-49(10,11)41(4,5)6)38(37(44)31-23-13-18-26-33-24-16-12-17-25-33)48-50(42(7,8)9,34-27-19-14-20-28-34)35-29-21-15-22-30-35/h12,14-31,36,38H,13,32H2,1-11H3,(H,43,45)/b26-18+,31-23+/t36-,38-/m1/s1. The molecule has 3 aromatic rings. The van der Waals surface area contributed by atoms with Crippen LogP contribution in [0, 0.1) is 0 Å². The second-order valence-electron chi connectivity index (χ2n) is 16.4. The van der Waals surface area contributed by atoms with Crippen LogP contribution in [0.1, 0.15) is 74.3 Å². The van der Waals surface area contributed by atoms with Gasteiger partial charge >= 0.3 is 6.09 Å². The Hall–Kier alpha value is -3.57. The molecule has 1 amide bonds. The number of hydrogen-bond donors (Lipinski definition) is 1. The van der Waals surface area contributed by atoms with Crippen molar-refractivity contribution in [3.8, 4) is 0 Å². The lowest BCUT2D eigenvalue weighted by atomic mass is 10.1. The number of ether oxygens (including phenoxy) is 1. The molecule has 0 aliphatic heterocycles. The van der Waals surface area contributed by atoms with Crippen molar-refractivity contribution in [3.05, 3.63) is 115 Å². The molecule has 2 atom stereocenters. The maximum absolute atomic E-state index is 14.6. The summed E-state index contributed by atoms with van der Waals surface area (Å²) in [5.74, 6) is -0.244. The zero-order valence-electron chi connectivity index (χ0n) is 32.1. The molecule has 270 valence electrons. The molecule has 0 fully saturated rings. The van der Waals surface area contributed by atoms with E-state index in [1.165, 1.54) is 0 Å².